The summed E-state index contributed by atoms with van der Waals surface area (Å²) in [5.41, 5.74) is -0.268. The van der Waals surface area contributed by atoms with Crippen LogP contribution < -0.4 is 10.2 Å². The van der Waals surface area contributed by atoms with Crippen LogP contribution in [0.2, 0.25) is 0 Å². The van der Waals surface area contributed by atoms with Gasteiger partial charge in [0, 0.05) is 37.9 Å². The third-order valence-electron chi connectivity index (χ3n) is 5.14. The van der Waals surface area contributed by atoms with Gasteiger partial charge in [0.05, 0.1) is 16.5 Å². The van der Waals surface area contributed by atoms with Gasteiger partial charge in [-0.25, -0.2) is 0 Å². The normalized spacial score (nSPS) is 16.2. The van der Waals surface area contributed by atoms with E-state index in [2.05, 4.69) is 5.32 Å². The monoisotopic (exact) mass is 422 g/mol. The van der Waals surface area contributed by atoms with Crippen LogP contribution in [0.25, 0.3) is 0 Å². The summed E-state index contributed by atoms with van der Waals surface area (Å²) in [5.74, 6) is -0.378. The van der Waals surface area contributed by atoms with Gasteiger partial charge in [-0.1, -0.05) is 18.2 Å². The summed E-state index contributed by atoms with van der Waals surface area (Å²) in [6, 6.07) is 10.5. The van der Waals surface area contributed by atoms with Gasteiger partial charge in [0.2, 0.25) is 5.91 Å². The first kappa shape index (κ1) is 21.6. The highest BCUT2D eigenvalue weighted by Gasteiger charge is 2.32. The molecule has 1 heterocycles. The molecule has 1 N–H and O–H groups in total. The molecule has 2 aromatic rings. The Balaban J connectivity index is 1.61. The maximum Gasteiger partial charge on any atom is 0.416 e. The van der Waals surface area contributed by atoms with Crippen molar-refractivity contribution >= 4 is 23.0 Å². The molecule has 2 aromatic carbocycles. The molecular weight excluding hydrogens is 401 g/mol. The highest BCUT2D eigenvalue weighted by molar-refractivity contribution is 5.96. The number of anilines is 2. The predicted octanol–water partition coefficient (Wildman–Crippen LogP) is 3.76. The maximum atomic E-state index is 12.9. The SMILES string of the molecule is CC(C(=O)Nc1ccccc1[N+](=O)[O-])N1CCN(c2cccc(C(F)(F)F)c2)CC1. The molecule has 1 amide bonds. The summed E-state index contributed by atoms with van der Waals surface area (Å²) < 4.78 is 38.8. The first-order chi connectivity index (χ1) is 14.2. The number of nitrogens with zero attached hydrogens (tertiary/aromatic N) is 3. The van der Waals surface area contributed by atoms with Crippen molar-refractivity contribution in [3.63, 3.8) is 0 Å². The van der Waals surface area contributed by atoms with Crippen LogP contribution in [0.5, 0.6) is 0 Å². The van der Waals surface area contributed by atoms with E-state index in [1.807, 2.05) is 9.80 Å². The van der Waals surface area contributed by atoms with Crippen LogP contribution in [0.4, 0.5) is 30.2 Å². The van der Waals surface area contributed by atoms with Gasteiger partial charge in [-0.15, -0.1) is 0 Å². The van der Waals surface area contributed by atoms with Crippen LogP contribution in [0.15, 0.2) is 48.5 Å². The van der Waals surface area contributed by atoms with E-state index in [-0.39, 0.29) is 17.3 Å². The minimum absolute atomic E-state index is 0.127. The van der Waals surface area contributed by atoms with Gasteiger partial charge in [-0.2, -0.15) is 13.2 Å². The lowest BCUT2D eigenvalue weighted by molar-refractivity contribution is -0.383. The number of nitro groups is 1. The molecule has 1 aliphatic rings. The lowest BCUT2D eigenvalue weighted by atomic mass is 10.1. The molecule has 30 heavy (non-hydrogen) atoms. The molecule has 1 aliphatic heterocycles. The molecule has 160 valence electrons. The number of para-hydroxylation sites is 2. The number of carbonyl (C=O) groups excluding carboxylic acids is 1. The van der Waals surface area contributed by atoms with Gasteiger partial charge in [0.25, 0.3) is 5.69 Å². The van der Waals surface area contributed by atoms with Crippen molar-refractivity contribution in [2.75, 3.05) is 36.4 Å². The van der Waals surface area contributed by atoms with Crippen LogP contribution in [0.3, 0.4) is 0 Å². The van der Waals surface area contributed by atoms with E-state index in [0.29, 0.717) is 31.9 Å². The van der Waals surface area contributed by atoms with Crippen LogP contribution in [-0.4, -0.2) is 48.0 Å². The number of amides is 1. The molecule has 0 bridgehead atoms. The smallest absolute Gasteiger partial charge is 0.369 e. The Hall–Kier alpha value is -3.14. The molecule has 1 unspecified atom stereocenters. The molecule has 0 radical (unpaired) electrons. The average Bonchev–Trinajstić information content (AvgIpc) is 2.73. The molecular formula is C20H21F3N4O3. The largest absolute Gasteiger partial charge is 0.416 e. The Labute approximate surface area is 171 Å². The standard InChI is InChI=1S/C20H21F3N4O3/c1-14(19(28)24-17-7-2-3-8-18(17)27(29)30)25-9-11-26(12-10-25)16-6-4-5-15(13-16)20(21,22)23/h2-8,13-14H,9-12H2,1H3,(H,24,28). The Kier molecular flexibility index (Phi) is 6.25. The summed E-state index contributed by atoms with van der Waals surface area (Å²) in [7, 11) is 0. The first-order valence-corrected chi connectivity index (χ1v) is 9.37. The van der Waals surface area contributed by atoms with E-state index in [1.54, 1.807) is 19.1 Å². The van der Waals surface area contributed by atoms with E-state index in [9.17, 15) is 28.1 Å². The fourth-order valence-corrected chi connectivity index (χ4v) is 3.39. The molecule has 0 saturated carbocycles. The lowest BCUT2D eigenvalue weighted by Crippen LogP contribution is -2.52. The number of carbonyl (C=O) groups is 1. The van der Waals surface area contributed by atoms with Crippen LogP contribution in [0, 0.1) is 10.1 Å². The van der Waals surface area contributed by atoms with Crippen molar-refractivity contribution in [3.05, 3.63) is 64.2 Å². The Morgan fingerprint density at radius 2 is 1.77 bits per heavy atom. The van der Waals surface area contributed by atoms with Crippen molar-refractivity contribution < 1.29 is 22.9 Å². The highest BCUT2D eigenvalue weighted by atomic mass is 19.4. The van der Waals surface area contributed by atoms with Gasteiger partial charge >= 0.3 is 6.18 Å². The Morgan fingerprint density at radius 3 is 2.40 bits per heavy atom. The first-order valence-electron chi connectivity index (χ1n) is 9.37. The molecule has 7 nitrogen and oxygen atoms in total. The summed E-state index contributed by atoms with van der Waals surface area (Å²) >= 11 is 0. The van der Waals surface area contributed by atoms with Crippen molar-refractivity contribution in [1.29, 1.82) is 0 Å². The van der Waals surface area contributed by atoms with Crippen LogP contribution in [-0.2, 0) is 11.0 Å². The van der Waals surface area contributed by atoms with Crippen molar-refractivity contribution in [2.45, 2.75) is 19.1 Å². The van der Waals surface area contributed by atoms with Gasteiger partial charge < -0.3 is 10.2 Å². The number of benzene rings is 2. The zero-order valence-corrected chi connectivity index (χ0v) is 16.2. The number of halogens is 3. The van der Waals surface area contributed by atoms with Gasteiger partial charge in [0.1, 0.15) is 5.69 Å². The second-order valence-corrected chi connectivity index (χ2v) is 7.01. The molecule has 1 saturated heterocycles. The highest BCUT2D eigenvalue weighted by Crippen LogP contribution is 2.32. The van der Waals surface area contributed by atoms with E-state index >= 15 is 0 Å². The minimum Gasteiger partial charge on any atom is -0.369 e. The quantitative estimate of drug-likeness (QED) is 0.586. The van der Waals surface area contributed by atoms with Crippen molar-refractivity contribution in [2.24, 2.45) is 0 Å². The topological polar surface area (TPSA) is 78.7 Å². The van der Waals surface area contributed by atoms with Gasteiger partial charge in [-0.3, -0.25) is 19.8 Å². The molecule has 10 heteroatoms. The van der Waals surface area contributed by atoms with E-state index < -0.39 is 22.7 Å². The molecule has 0 spiro atoms. The third-order valence-corrected chi connectivity index (χ3v) is 5.14. The maximum absolute atomic E-state index is 12.9. The summed E-state index contributed by atoms with van der Waals surface area (Å²) in [5, 5.41) is 13.7. The number of piperazine rings is 1. The number of nitro benzene ring substituents is 1. The van der Waals surface area contributed by atoms with E-state index in [4.69, 9.17) is 0 Å². The second-order valence-electron chi connectivity index (χ2n) is 7.01. The molecule has 1 atom stereocenters. The number of alkyl halides is 3. The zero-order valence-electron chi connectivity index (χ0n) is 16.2. The summed E-state index contributed by atoms with van der Waals surface area (Å²) in [6.07, 6.45) is -4.40. The summed E-state index contributed by atoms with van der Waals surface area (Å²) in [4.78, 5) is 26.9. The fraction of sp³-hybridized carbons (Fsp3) is 0.350. The second kappa shape index (κ2) is 8.70. The van der Waals surface area contributed by atoms with E-state index in [0.717, 1.165) is 12.1 Å². The van der Waals surface area contributed by atoms with Crippen LogP contribution in [0.1, 0.15) is 12.5 Å². The number of hydrogen-bond acceptors (Lipinski definition) is 5. The van der Waals surface area contributed by atoms with Gasteiger partial charge in [-0.05, 0) is 31.2 Å². The number of nitrogens with one attached hydrogen (secondary N) is 1. The van der Waals surface area contributed by atoms with E-state index in [1.165, 1.54) is 24.3 Å². The minimum atomic E-state index is -4.40. The Morgan fingerprint density at radius 1 is 1.10 bits per heavy atom. The number of rotatable bonds is 5. The summed E-state index contributed by atoms with van der Waals surface area (Å²) in [6.45, 7) is 3.57. The number of hydrogen-bond donors (Lipinski definition) is 1. The molecule has 0 aliphatic carbocycles. The predicted molar refractivity (Wildman–Crippen MR) is 106 cm³/mol. The van der Waals surface area contributed by atoms with Gasteiger partial charge in [0.15, 0.2) is 0 Å². The molecule has 3 rings (SSSR count). The van der Waals surface area contributed by atoms with Crippen molar-refractivity contribution in [3.8, 4) is 0 Å². The van der Waals surface area contributed by atoms with Crippen LogP contribution >= 0.6 is 0 Å². The molecule has 0 aromatic heterocycles. The Bertz CT molecular complexity index is 928. The lowest BCUT2D eigenvalue weighted by Gasteiger charge is -2.38. The zero-order chi connectivity index (χ0) is 21.9. The third kappa shape index (κ3) is 4.88. The molecule has 1 fully saturated rings. The van der Waals surface area contributed by atoms with Crippen molar-refractivity contribution in [1.82, 2.24) is 4.90 Å². The fourth-order valence-electron chi connectivity index (χ4n) is 3.39. The average molecular weight is 422 g/mol.